The minimum absolute atomic E-state index is 0.0429. The van der Waals surface area contributed by atoms with Gasteiger partial charge >= 0.3 is 5.97 Å². The van der Waals surface area contributed by atoms with Crippen molar-refractivity contribution in [1.82, 2.24) is 4.98 Å². The number of carbonyl (C=O) groups is 1. The van der Waals surface area contributed by atoms with Gasteiger partial charge < -0.3 is 19.5 Å². The molecule has 254 valence electrons. The van der Waals surface area contributed by atoms with Gasteiger partial charge in [-0.05, 0) is 115 Å². The molecular formula is C42H46N2O4S. The predicted octanol–water partition coefficient (Wildman–Crippen LogP) is 12.1. The Morgan fingerprint density at radius 1 is 0.694 bits per heavy atom. The monoisotopic (exact) mass is 674 g/mol. The summed E-state index contributed by atoms with van der Waals surface area (Å²) >= 11 is 1.61. The van der Waals surface area contributed by atoms with Crippen LogP contribution in [-0.2, 0) is 0 Å². The Bertz CT molecular complexity index is 1700. The third-order valence-corrected chi connectivity index (χ3v) is 9.30. The zero-order valence-corrected chi connectivity index (χ0v) is 29.3. The summed E-state index contributed by atoms with van der Waals surface area (Å²) in [7, 11) is 0. The van der Waals surface area contributed by atoms with Crippen molar-refractivity contribution in [2.24, 2.45) is 0 Å². The number of thiophene rings is 1. The summed E-state index contributed by atoms with van der Waals surface area (Å²) in [6, 6.07) is 32.7. The van der Waals surface area contributed by atoms with Gasteiger partial charge in [-0.2, -0.15) is 0 Å². The second-order valence-corrected chi connectivity index (χ2v) is 13.1. The molecule has 2 heterocycles. The van der Waals surface area contributed by atoms with E-state index >= 15 is 0 Å². The summed E-state index contributed by atoms with van der Waals surface area (Å²) in [5.41, 5.74) is 5.10. The number of anilines is 3. The molecule has 0 saturated carbocycles. The molecule has 0 atom stereocenters. The third-order valence-electron chi connectivity index (χ3n) is 8.20. The topological polar surface area (TPSA) is 71.9 Å². The quantitative estimate of drug-likeness (QED) is 0.0879. The van der Waals surface area contributed by atoms with Crippen molar-refractivity contribution in [1.29, 1.82) is 0 Å². The smallest absolute Gasteiger partial charge is 0.354 e. The number of carboxylic acid groups (broad SMARTS) is 1. The standard InChI is InChI=1S/C42H46N2O4S/c1-3-5-7-9-29-47-37-20-16-35(17-21-37)44(36-18-22-38(23-19-36)48-30-10-8-6-4-2)34-14-11-32(12-15-34)13-24-39-25-26-41(49-39)33-27-28-43-40(31-33)42(45)46/h11-28,31H,3-10,29-30H2,1-2H3,(H,45,46)/b24-13+. The summed E-state index contributed by atoms with van der Waals surface area (Å²) in [5.74, 6) is 0.741. The van der Waals surface area contributed by atoms with Gasteiger partial charge in [0.1, 0.15) is 17.2 Å². The average Bonchev–Trinajstić information content (AvgIpc) is 3.62. The van der Waals surface area contributed by atoms with Gasteiger partial charge in [0.05, 0.1) is 13.2 Å². The van der Waals surface area contributed by atoms with Crippen LogP contribution in [0, 0.1) is 0 Å². The molecule has 0 aliphatic carbocycles. The molecule has 7 heteroatoms. The highest BCUT2D eigenvalue weighted by molar-refractivity contribution is 7.16. The minimum atomic E-state index is -1.03. The molecule has 0 fully saturated rings. The molecule has 2 aromatic heterocycles. The highest BCUT2D eigenvalue weighted by Crippen LogP contribution is 2.37. The van der Waals surface area contributed by atoms with E-state index in [1.807, 2.05) is 18.2 Å². The molecule has 1 N–H and O–H groups in total. The number of hydrogen-bond donors (Lipinski definition) is 1. The summed E-state index contributed by atoms with van der Waals surface area (Å²) in [5, 5.41) is 9.29. The van der Waals surface area contributed by atoms with Crippen molar-refractivity contribution in [2.45, 2.75) is 65.2 Å². The summed E-state index contributed by atoms with van der Waals surface area (Å²) in [6.45, 7) is 5.91. The normalized spacial score (nSPS) is 11.1. The van der Waals surface area contributed by atoms with E-state index in [1.54, 1.807) is 17.4 Å². The van der Waals surface area contributed by atoms with Crippen LogP contribution < -0.4 is 14.4 Å². The fourth-order valence-corrected chi connectivity index (χ4v) is 6.39. The Kier molecular flexibility index (Phi) is 13.5. The second kappa shape index (κ2) is 18.6. The number of ether oxygens (including phenoxy) is 2. The molecule has 5 rings (SSSR count). The van der Waals surface area contributed by atoms with Crippen LogP contribution in [0.25, 0.3) is 22.6 Å². The number of nitrogens with zero attached hydrogens (tertiary/aromatic N) is 2. The molecule has 0 radical (unpaired) electrons. The lowest BCUT2D eigenvalue weighted by molar-refractivity contribution is 0.0690. The first-order chi connectivity index (χ1) is 24.0. The van der Waals surface area contributed by atoms with Gasteiger partial charge in [0.25, 0.3) is 0 Å². The van der Waals surface area contributed by atoms with E-state index in [-0.39, 0.29) is 5.69 Å². The predicted molar refractivity (Wildman–Crippen MR) is 204 cm³/mol. The summed E-state index contributed by atoms with van der Waals surface area (Å²) in [6.07, 6.45) is 15.2. The van der Waals surface area contributed by atoms with Gasteiger partial charge in [0, 0.05) is 33.0 Å². The Morgan fingerprint density at radius 2 is 1.24 bits per heavy atom. The molecule has 0 aliphatic heterocycles. The lowest BCUT2D eigenvalue weighted by atomic mass is 10.1. The van der Waals surface area contributed by atoms with Crippen molar-refractivity contribution >= 4 is 46.5 Å². The fourth-order valence-electron chi connectivity index (χ4n) is 5.48. The van der Waals surface area contributed by atoms with E-state index in [0.29, 0.717) is 0 Å². The van der Waals surface area contributed by atoms with Gasteiger partial charge in [-0.1, -0.05) is 70.6 Å². The number of rotatable bonds is 19. The molecule has 5 aromatic rings. The van der Waals surface area contributed by atoms with Crippen LogP contribution >= 0.6 is 11.3 Å². The number of pyridine rings is 1. The molecule has 3 aromatic carbocycles. The Morgan fingerprint density at radius 3 is 1.78 bits per heavy atom. The van der Waals surface area contributed by atoms with Crippen molar-refractivity contribution < 1.29 is 19.4 Å². The number of aromatic carboxylic acids is 1. The van der Waals surface area contributed by atoms with Gasteiger partial charge in [0.15, 0.2) is 0 Å². The van der Waals surface area contributed by atoms with Gasteiger partial charge in [-0.3, -0.25) is 0 Å². The molecule has 0 amide bonds. The Labute approximate surface area is 294 Å². The molecule has 49 heavy (non-hydrogen) atoms. The fraction of sp³-hybridized carbons (Fsp3) is 0.286. The van der Waals surface area contributed by atoms with E-state index in [1.165, 1.54) is 44.7 Å². The van der Waals surface area contributed by atoms with E-state index in [2.05, 4.69) is 109 Å². The van der Waals surface area contributed by atoms with Crippen molar-refractivity contribution in [3.8, 4) is 21.9 Å². The first-order valence-electron chi connectivity index (χ1n) is 17.4. The number of benzene rings is 3. The lowest BCUT2D eigenvalue weighted by Crippen LogP contribution is -2.10. The minimum Gasteiger partial charge on any atom is -0.494 e. The van der Waals surface area contributed by atoms with E-state index in [4.69, 9.17) is 9.47 Å². The van der Waals surface area contributed by atoms with Crippen LogP contribution in [0.5, 0.6) is 11.5 Å². The van der Waals surface area contributed by atoms with Crippen molar-refractivity contribution in [3.05, 3.63) is 119 Å². The first-order valence-corrected chi connectivity index (χ1v) is 18.2. The lowest BCUT2D eigenvalue weighted by Gasteiger charge is -2.26. The molecule has 0 aliphatic rings. The molecular weight excluding hydrogens is 629 g/mol. The number of carboxylic acids is 1. The maximum atomic E-state index is 11.3. The third kappa shape index (κ3) is 10.6. The van der Waals surface area contributed by atoms with Crippen LogP contribution in [-0.4, -0.2) is 29.3 Å². The Hall–Kier alpha value is -4.88. The van der Waals surface area contributed by atoms with Gasteiger partial charge in [-0.25, -0.2) is 9.78 Å². The number of hydrogen-bond acceptors (Lipinski definition) is 6. The highest BCUT2D eigenvalue weighted by atomic mass is 32.1. The van der Waals surface area contributed by atoms with Crippen LogP contribution in [0.4, 0.5) is 17.1 Å². The molecule has 0 bridgehead atoms. The maximum absolute atomic E-state index is 11.3. The summed E-state index contributed by atoms with van der Waals surface area (Å²) < 4.78 is 12.1. The Balaban J connectivity index is 1.31. The highest BCUT2D eigenvalue weighted by Gasteiger charge is 2.13. The molecule has 0 spiro atoms. The van der Waals surface area contributed by atoms with Crippen LogP contribution in [0.1, 0.15) is 86.1 Å². The second-order valence-electron chi connectivity index (χ2n) is 12.0. The SMILES string of the molecule is CCCCCCOc1ccc(N(c2ccc(/C=C/c3ccc(-c4ccnc(C(=O)O)c4)s3)cc2)c2ccc(OCCCCCC)cc2)cc1. The van der Waals surface area contributed by atoms with Crippen LogP contribution in [0.3, 0.4) is 0 Å². The van der Waals surface area contributed by atoms with Gasteiger partial charge in [-0.15, -0.1) is 11.3 Å². The zero-order valence-electron chi connectivity index (χ0n) is 28.5. The largest absolute Gasteiger partial charge is 0.494 e. The van der Waals surface area contributed by atoms with Gasteiger partial charge in [0.2, 0.25) is 0 Å². The molecule has 0 saturated heterocycles. The number of unbranched alkanes of at least 4 members (excludes halogenated alkanes) is 6. The van der Waals surface area contributed by atoms with Crippen LogP contribution in [0.2, 0.25) is 0 Å². The van der Waals surface area contributed by atoms with Crippen molar-refractivity contribution in [2.75, 3.05) is 18.1 Å². The maximum Gasteiger partial charge on any atom is 0.354 e. The van der Waals surface area contributed by atoms with E-state index in [9.17, 15) is 9.90 Å². The van der Waals surface area contributed by atoms with Crippen molar-refractivity contribution in [3.63, 3.8) is 0 Å². The van der Waals surface area contributed by atoms with Crippen LogP contribution in [0.15, 0.2) is 103 Å². The number of aromatic nitrogens is 1. The first kappa shape index (κ1) is 35.4. The molecule has 6 nitrogen and oxygen atoms in total. The summed E-state index contributed by atoms with van der Waals surface area (Å²) in [4.78, 5) is 19.6. The average molecular weight is 675 g/mol. The van der Waals surface area contributed by atoms with E-state index < -0.39 is 5.97 Å². The zero-order chi connectivity index (χ0) is 34.3. The van der Waals surface area contributed by atoms with E-state index in [0.717, 1.165) is 75.5 Å². The molecule has 0 unspecified atom stereocenters.